The number of ether oxygens (including phenoxy) is 1. The molecule has 1 unspecified atom stereocenters. The molecule has 0 aliphatic carbocycles. The normalized spacial score (nSPS) is 12.5. The van der Waals surface area contributed by atoms with Crippen molar-refractivity contribution >= 4 is 27.4 Å². The number of carbonyl (C=O) groups excluding carboxylic acids is 2. The second-order valence-corrected chi connectivity index (χ2v) is 6.13. The average molecular weight is 300 g/mol. The van der Waals surface area contributed by atoms with Crippen LogP contribution >= 0.6 is 0 Å². The van der Waals surface area contributed by atoms with E-state index in [1.807, 2.05) is 0 Å². The van der Waals surface area contributed by atoms with Gasteiger partial charge in [0.15, 0.2) is 9.84 Å². The largest absolute Gasteiger partial charge is 0.467 e. The van der Waals surface area contributed by atoms with E-state index in [9.17, 15) is 18.0 Å². The maximum absolute atomic E-state index is 12.0. The van der Waals surface area contributed by atoms with E-state index in [1.54, 1.807) is 0 Å². The number of carbonyl (C=O) groups is 2. The molecule has 0 aliphatic heterocycles. The van der Waals surface area contributed by atoms with Crippen molar-refractivity contribution in [3.63, 3.8) is 0 Å². The molecule has 0 bridgehead atoms. The molecule has 0 saturated heterocycles. The van der Waals surface area contributed by atoms with Crippen LogP contribution in [0.5, 0.6) is 0 Å². The van der Waals surface area contributed by atoms with Crippen molar-refractivity contribution < 1.29 is 22.7 Å². The van der Waals surface area contributed by atoms with Gasteiger partial charge in [-0.05, 0) is 31.2 Å². The predicted octanol–water partition coefficient (Wildman–Crippen LogP) is -0.280. The summed E-state index contributed by atoms with van der Waals surface area (Å²) in [4.78, 5) is 22.7. The number of rotatable bonds is 5. The summed E-state index contributed by atoms with van der Waals surface area (Å²) in [6.07, 6.45) is 0. The zero-order valence-electron chi connectivity index (χ0n) is 11.1. The van der Waals surface area contributed by atoms with Gasteiger partial charge in [0.05, 0.1) is 12.0 Å². The van der Waals surface area contributed by atoms with Crippen LogP contribution in [0.1, 0.15) is 6.92 Å². The van der Waals surface area contributed by atoms with E-state index in [4.69, 9.17) is 5.73 Å². The molecule has 0 radical (unpaired) electrons. The van der Waals surface area contributed by atoms with Gasteiger partial charge < -0.3 is 15.8 Å². The van der Waals surface area contributed by atoms with Crippen LogP contribution in [0.25, 0.3) is 0 Å². The van der Waals surface area contributed by atoms with E-state index in [-0.39, 0.29) is 4.90 Å². The zero-order chi connectivity index (χ0) is 15.3. The van der Waals surface area contributed by atoms with Gasteiger partial charge in [-0.25, -0.2) is 13.2 Å². The van der Waals surface area contributed by atoms with Gasteiger partial charge in [-0.2, -0.15) is 0 Å². The molecule has 20 heavy (non-hydrogen) atoms. The van der Waals surface area contributed by atoms with Crippen molar-refractivity contribution in [3.05, 3.63) is 24.3 Å². The lowest BCUT2D eigenvalue weighted by molar-refractivity contribution is -0.144. The molecule has 0 fully saturated rings. The summed E-state index contributed by atoms with van der Waals surface area (Å²) in [7, 11) is -2.60. The zero-order valence-corrected chi connectivity index (χ0v) is 11.9. The number of anilines is 1. The fraction of sp³-hybridized carbons (Fsp3) is 0.333. The molecule has 0 spiro atoms. The Morgan fingerprint density at radius 2 is 1.85 bits per heavy atom. The summed E-state index contributed by atoms with van der Waals surface area (Å²) in [5.41, 5.74) is 5.88. The van der Waals surface area contributed by atoms with Gasteiger partial charge >= 0.3 is 5.97 Å². The third kappa shape index (κ3) is 4.23. The van der Waals surface area contributed by atoms with Crippen LogP contribution < -0.4 is 11.1 Å². The summed E-state index contributed by atoms with van der Waals surface area (Å²) < 4.78 is 28.3. The lowest BCUT2D eigenvalue weighted by Gasteiger charge is -2.11. The lowest BCUT2D eigenvalue weighted by Crippen LogP contribution is -2.41. The fourth-order valence-electron chi connectivity index (χ4n) is 1.45. The van der Waals surface area contributed by atoms with Crippen LogP contribution in [0.4, 0.5) is 5.69 Å². The van der Waals surface area contributed by atoms with Gasteiger partial charge in [-0.15, -0.1) is 0 Å². The lowest BCUT2D eigenvalue weighted by atomic mass is 10.3. The van der Waals surface area contributed by atoms with Gasteiger partial charge in [-0.1, -0.05) is 0 Å². The first-order valence-electron chi connectivity index (χ1n) is 5.72. The van der Waals surface area contributed by atoms with Crippen molar-refractivity contribution in [2.24, 2.45) is 0 Å². The van der Waals surface area contributed by atoms with Gasteiger partial charge in [0.1, 0.15) is 11.8 Å². The number of methoxy groups -OCH3 is 1. The Morgan fingerprint density at radius 1 is 1.30 bits per heavy atom. The molecule has 0 aliphatic rings. The minimum absolute atomic E-state index is 0.00688. The van der Waals surface area contributed by atoms with E-state index in [0.717, 1.165) is 0 Å². The quantitative estimate of drug-likeness (QED) is 0.571. The molecule has 0 saturated carbocycles. The number of hydrogen-bond donors (Lipinski definition) is 2. The molecular formula is C12H16N2O5S. The Labute approximate surface area is 117 Å². The van der Waals surface area contributed by atoms with Gasteiger partial charge in [0.2, 0.25) is 5.91 Å². The highest BCUT2D eigenvalue weighted by atomic mass is 32.2. The maximum atomic E-state index is 12.0. The van der Waals surface area contributed by atoms with Gasteiger partial charge in [-0.3, -0.25) is 4.79 Å². The Balaban J connectivity index is 2.74. The summed E-state index contributed by atoms with van der Waals surface area (Å²) in [5.74, 6) is -2.18. The number of esters is 1. The van der Waals surface area contributed by atoms with Crippen LogP contribution in [-0.2, 0) is 24.2 Å². The number of sulfone groups is 1. The molecule has 7 nitrogen and oxygen atoms in total. The fourth-order valence-corrected chi connectivity index (χ4v) is 2.60. The number of benzene rings is 1. The molecule has 1 aromatic rings. The molecule has 8 heteroatoms. The molecule has 1 rings (SSSR count). The second-order valence-electron chi connectivity index (χ2n) is 4.14. The summed E-state index contributed by atoms with van der Waals surface area (Å²) in [6, 6.07) is 4.60. The second kappa shape index (κ2) is 6.38. The van der Waals surface area contributed by atoms with E-state index in [1.165, 1.54) is 38.3 Å². The Hall–Kier alpha value is -2.09. The van der Waals surface area contributed by atoms with Crippen molar-refractivity contribution in [3.8, 4) is 0 Å². The summed E-state index contributed by atoms with van der Waals surface area (Å²) in [5, 5.41) is 2.25. The van der Waals surface area contributed by atoms with Crippen LogP contribution in [0, 0.1) is 0 Å². The first kappa shape index (κ1) is 16.0. The number of nitrogens with two attached hydrogens (primary N) is 1. The SMILES string of the molecule is COC(=O)C(C)NC(=O)CS(=O)(=O)c1ccc(N)cc1. The monoisotopic (exact) mass is 300 g/mol. The minimum Gasteiger partial charge on any atom is -0.467 e. The average Bonchev–Trinajstić information content (AvgIpc) is 2.37. The Kier molecular flexibility index (Phi) is 5.09. The molecule has 0 aromatic heterocycles. The van der Waals surface area contributed by atoms with E-state index >= 15 is 0 Å². The highest BCUT2D eigenvalue weighted by molar-refractivity contribution is 7.92. The first-order valence-corrected chi connectivity index (χ1v) is 7.37. The Morgan fingerprint density at radius 3 is 2.35 bits per heavy atom. The Bertz CT molecular complexity index is 595. The highest BCUT2D eigenvalue weighted by Crippen LogP contribution is 2.13. The summed E-state index contributed by atoms with van der Waals surface area (Å²) in [6.45, 7) is 1.40. The third-order valence-electron chi connectivity index (χ3n) is 2.49. The molecule has 3 N–H and O–H groups in total. The van der Waals surface area contributed by atoms with E-state index in [2.05, 4.69) is 10.1 Å². The number of amides is 1. The van der Waals surface area contributed by atoms with Crippen molar-refractivity contribution in [2.75, 3.05) is 18.6 Å². The number of nitrogens with one attached hydrogen (secondary N) is 1. The van der Waals surface area contributed by atoms with Crippen molar-refractivity contribution in [1.82, 2.24) is 5.32 Å². The maximum Gasteiger partial charge on any atom is 0.328 e. The van der Waals surface area contributed by atoms with Gasteiger partial charge in [0.25, 0.3) is 0 Å². The third-order valence-corrected chi connectivity index (χ3v) is 4.13. The molecule has 110 valence electrons. The predicted molar refractivity (Wildman–Crippen MR) is 72.5 cm³/mol. The van der Waals surface area contributed by atoms with Crippen LogP contribution in [0.15, 0.2) is 29.2 Å². The highest BCUT2D eigenvalue weighted by Gasteiger charge is 2.22. The summed E-state index contributed by atoms with van der Waals surface area (Å²) >= 11 is 0. The van der Waals surface area contributed by atoms with Crippen molar-refractivity contribution in [1.29, 1.82) is 0 Å². The molecule has 1 atom stereocenters. The molecular weight excluding hydrogens is 284 g/mol. The minimum atomic E-state index is -3.77. The molecule has 0 heterocycles. The molecule has 1 aromatic carbocycles. The van der Waals surface area contributed by atoms with Crippen LogP contribution in [0.2, 0.25) is 0 Å². The first-order chi connectivity index (χ1) is 9.26. The molecule has 1 amide bonds. The topological polar surface area (TPSA) is 116 Å². The van der Waals surface area contributed by atoms with Crippen LogP contribution in [0.3, 0.4) is 0 Å². The van der Waals surface area contributed by atoms with Gasteiger partial charge in [0, 0.05) is 5.69 Å². The van der Waals surface area contributed by atoms with E-state index in [0.29, 0.717) is 5.69 Å². The van der Waals surface area contributed by atoms with Crippen molar-refractivity contribution in [2.45, 2.75) is 17.9 Å². The number of hydrogen-bond acceptors (Lipinski definition) is 6. The smallest absolute Gasteiger partial charge is 0.328 e. The number of nitrogen functional groups attached to an aromatic ring is 1. The van der Waals surface area contributed by atoms with E-state index < -0.39 is 33.5 Å². The standard InChI is InChI=1S/C12H16N2O5S/c1-8(12(16)19-2)14-11(15)7-20(17,18)10-5-3-9(13)4-6-10/h3-6,8H,7,13H2,1-2H3,(H,14,15). The van der Waals surface area contributed by atoms with Crippen LogP contribution in [-0.4, -0.2) is 39.2 Å².